The Morgan fingerprint density at radius 2 is 2.10 bits per heavy atom. The van der Waals surface area contributed by atoms with E-state index in [-0.39, 0.29) is 5.91 Å². The highest BCUT2D eigenvalue weighted by Gasteiger charge is 2.03. The predicted octanol–water partition coefficient (Wildman–Crippen LogP) is 3.07. The largest absolute Gasteiger partial charge is 0.326 e. The van der Waals surface area contributed by atoms with Crippen molar-refractivity contribution < 1.29 is 4.79 Å². The van der Waals surface area contributed by atoms with Gasteiger partial charge in [0.2, 0.25) is 5.91 Å². The maximum Gasteiger partial charge on any atom is 0.225 e. The van der Waals surface area contributed by atoms with E-state index in [0.717, 1.165) is 4.90 Å². The second kappa shape index (κ2) is 7.31. The third-order valence-electron chi connectivity index (χ3n) is 2.52. The van der Waals surface area contributed by atoms with Gasteiger partial charge in [-0.1, -0.05) is 6.07 Å². The summed E-state index contributed by atoms with van der Waals surface area (Å²) in [5, 5.41) is 11.6. The van der Waals surface area contributed by atoms with Crippen LogP contribution in [0.5, 0.6) is 0 Å². The van der Waals surface area contributed by atoms with Crippen molar-refractivity contribution in [3.8, 4) is 6.07 Å². The van der Waals surface area contributed by atoms with Crippen molar-refractivity contribution in [1.82, 2.24) is 4.98 Å². The first-order valence-electron chi connectivity index (χ1n) is 6.11. The Bertz CT molecular complexity index is 623. The summed E-state index contributed by atoms with van der Waals surface area (Å²) in [6, 6.07) is 12.8. The highest BCUT2D eigenvalue weighted by atomic mass is 32.2. The monoisotopic (exact) mass is 283 g/mol. The molecular weight excluding hydrogens is 270 g/mol. The molecule has 0 aliphatic heterocycles. The Kier molecular flexibility index (Phi) is 5.15. The van der Waals surface area contributed by atoms with Crippen molar-refractivity contribution in [2.45, 2.75) is 11.3 Å². The van der Waals surface area contributed by atoms with Crippen molar-refractivity contribution in [1.29, 1.82) is 5.26 Å². The molecule has 0 aliphatic carbocycles. The zero-order valence-electron chi connectivity index (χ0n) is 10.7. The molecule has 0 aliphatic rings. The molecule has 0 unspecified atom stereocenters. The molecule has 0 saturated heterocycles. The number of hydrogen-bond donors (Lipinski definition) is 1. The van der Waals surface area contributed by atoms with Crippen LogP contribution in [-0.2, 0) is 4.79 Å². The molecule has 4 nitrogen and oxygen atoms in total. The van der Waals surface area contributed by atoms with Crippen LogP contribution in [0.2, 0.25) is 0 Å². The number of nitrogens with zero attached hydrogens (tertiary/aromatic N) is 2. The average Bonchev–Trinajstić information content (AvgIpc) is 2.48. The number of aromatic nitrogens is 1. The van der Waals surface area contributed by atoms with E-state index in [4.69, 9.17) is 5.26 Å². The molecule has 1 amide bonds. The number of thioether (sulfide) groups is 1. The van der Waals surface area contributed by atoms with Gasteiger partial charge in [-0.3, -0.25) is 9.78 Å². The number of amides is 1. The fourth-order valence-electron chi connectivity index (χ4n) is 1.59. The second-order valence-electron chi connectivity index (χ2n) is 4.02. The smallest absolute Gasteiger partial charge is 0.225 e. The molecule has 0 spiro atoms. The van der Waals surface area contributed by atoms with Gasteiger partial charge in [-0.15, -0.1) is 11.8 Å². The molecule has 1 N–H and O–H groups in total. The summed E-state index contributed by atoms with van der Waals surface area (Å²) in [6.45, 7) is 0. The average molecular weight is 283 g/mol. The van der Waals surface area contributed by atoms with Crippen molar-refractivity contribution in [2.75, 3.05) is 11.1 Å². The minimum atomic E-state index is -0.0540. The number of nitrogens with one attached hydrogen (secondary N) is 1. The summed E-state index contributed by atoms with van der Waals surface area (Å²) < 4.78 is 0. The summed E-state index contributed by atoms with van der Waals surface area (Å²) >= 11 is 1.61. The van der Waals surface area contributed by atoms with Crippen LogP contribution in [-0.4, -0.2) is 16.6 Å². The number of anilines is 1. The second-order valence-corrected chi connectivity index (χ2v) is 5.19. The van der Waals surface area contributed by atoms with Crippen LogP contribution in [0.3, 0.4) is 0 Å². The van der Waals surface area contributed by atoms with Gasteiger partial charge in [0, 0.05) is 35.2 Å². The van der Waals surface area contributed by atoms with Gasteiger partial charge in [0.25, 0.3) is 0 Å². The zero-order valence-corrected chi connectivity index (χ0v) is 11.6. The van der Waals surface area contributed by atoms with Gasteiger partial charge in [-0.25, -0.2) is 0 Å². The topological polar surface area (TPSA) is 65.8 Å². The minimum absolute atomic E-state index is 0.0540. The molecule has 1 heterocycles. The number of hydrogen-bond acceptors (Lipinski definition) is 4. The first-order valence-corrected chi connectivity index (χ1v) is 7.09. The molecule has 0 radical (unpaired) electrons. The van der Waals surface area contributed by atoms with Crippen LogP contribution < -0.4 is 5.32 Å². The Hall–Kier alpha value is -2.32. The Morgan fingerprint density at radius 3 is 2.85 bits per heavy atom. The van der Waals surface area contributed by atoms with E-state index >= 15 is 0 Å². The zero-order chi connectivity index (χ0) is 14.2. The van der Waals surface area contributed by atoms with Crippen molar-refractivity contribution >= 4 is 23.4 Å². The van der Waals surface area contributed by atoms with Crippen LogP contribution >= 0.6 is 11.8 Å². The van der Waals surface area contributed by atoms with Crippen LogP contribution in [0.25, 0.3) is 0 Å². The molecule has 0 atom stereocenters. The summed E-state index contributed by atoms with van der Waals surface area (Å²) in [7, 11) is 0. The van der Waals surface area contributed by atoms with Gasteiger partial charge >= 0.3 is 0 Å². The van der Waals surface area contributed by atoms with Crippen molar-refractivity contribution in [3.05, 3.63) is 54.4 Å². The van der Waals surface area contributed by atoms with Gasteiger partial charge in [0.05, 0.1) is 11.6 Å². The Balaban J connectivity index is 1.79. The van der Waals surface area contributed by atoms with E-state index < -0.39 is 0 Å². The summed E-state index contributed by atoms with van der Waals surface area (Å²) in [5.41, 5.74) is 1.19. The number of carbonyl (C=O) groups excluding carboxylic acids is 1. The molecule has 2 rings (SSSR count). The van der Waals surface area contributed by atoms with E-state index in [1.54, 1.807) is 48.4 Å². The van der Waals surface area contributed by atoms with Gasteiger partial charge in [-0.2, -0.15) is 5.26 Å². The third kappa shape index (κ3) is 4.41. The lowest BCUT2D eigenvalue weighted by molar-refractivity contribution is -0.115. The third-order valence-corrected chi connectivity index (χ3v) is 3.54. The Labute approximate surface area is 121 Å². The van der Waals surface area contributed by atoms with Gasteiger partial charge in [-0.05, 0) is 30.3 Å². The van der Waals surface area contributed by atoms with Crippen LogP contribution in [0.15, 0.2) is 53.7 Å². The SMILES string of the molecule is N#Cc1cccc(NC(=O)CCSc2ccncc2)c1. The number of carbonyl (C=O) groups is 1. The number of nitriles is 1. The standard InChI is InChI=1S/C15H13N3OS/c16-11-12-2-1-3-13(10-12)18-15(19)6-9-20-14-4-7-17-8-5-14/h1-5,7-8,10H,6,9H2,(H,18,19). The molecule has 0 fully saturated rings. The molecule has 20 heavy (non-hydrogen) atoms. The molecule has 100 valence electrons. The van der Waals surface area contributed by atoms with Crippen LogP contribution in [0.1, 0.15) is 12.0 Å². The van der Waals surface area contributed by atoms with Crippen LogP contribution in [0.4, 0.5) is 5.69 Å². The number of pyridine rings is 1. The minimum Gasteiger partial charge on any atom is -0.326 e. The summed E-state index contributed by atoms with van der Waals surface area (Å²) in [5.74, 6) is 0.648. The number of benzene rings is 1. The van der Waals surface area contributed by atoms with E-state index in [2.05, 4.69) is 10.3 Å². The normalized spacial score (nSPS) is 9.75. The maximum absolute atomic E-state index is 11.8. The molecule has 0 saturated carbocycles. The Morgan fingerprint density at radius 1 is 1.30 bits per heavy atom. The first-order chi connectivity index (χ1) is 9.78. The predicted molar refractivity (Wildman–Crippen MR) is 79.4 cm³/mol. The molecule has 5 heteroatoms. The van der Waals surface area contributed by atoms with E-state index in [9.17, 15) is 4.79 Å². The van der Waals surface area contributed by atoms with E-state index in [0.29, 0.717) is 23.4 Å². The molecular formula is C15H13N3OS. The van der Waals surface area contributed by atoms with Crippen molar-refractivity contribution in [3.63, 3.8) is 0 Å². The van der Waals surface area contributed by atoms with Gasteiger partial charge in [0.15, 0.2) is 0 Å². The molecule has 2 aromatic rings. The molecule has 1 aromatic heterocycles. The summed E-state index contributed by atoms with van der Waals surface area (Å²) in [6.07, 6.45) is 3.88. The van der Waals surface area contributed by atoms with E-state index in [1.165, 1.54) is 0 Å². The first kappa shape index (κ1) is 14.1. The fraction of sp³-hybridized carbons (Fsp3) is 0.133. The van der Waals surface area contributed by atoms with Crippen molar-refractivity contribution in [2.24, 2.45) is 0 Å². The highest BCUT2D eigenvalue weighted by Crippen LogP contribution is 2.17. The van der Waals surface area contributed by atoms with Gasteiger partial charge in [0.1, 0.15) is 0 Å². The highest BCUT2D eigenvalue weighted by molar-refractivity contribution is 7.99. The fourth-order valence-corrected chi connectivity index (χ4v) is 2.42. The summed E-state index contributed by atoms with van der Waals surface area (Å²) in [4.78, 5) is 16.8. The quantitative estimate of drug-likeness (QED) is 0.856. The maximum atomic E-state index is 11.8. The lowest BCUT2D eigenvalue weighted by atomic mass is 10.2. The molecule has 1 aromatic carbocycles. The molecule has 0 bridgehead atoms. The van der Waals surface area contributed by atoms with Crippen LogP contribution in [0, 0.1) is 11.3 Å². The number of rotatable bonds is 5. The lowest BCUT2D eigenvalue weighted by Gasteiger charge is -2.05. The van der Waals surface area contributed by atoms with E-state index in [1.807, 2.05) is 18.2 Å². The van der Waals surface area contributed by atoms with Gasteiger partial charge < -0.3 is 5.32 Å². The lowest BCUT2D eigenvalue weighted by Crippen LogP contribution is -2.12.